The lowest BCUT2D eigenvalue weighted by atomic mass is 9.94. The molecule has 0 bridgehead atoms. The van der Waals surface area contributed by atoms with Crippen molar-refractivity contribution in [2.45, 2.75) is 25.9 Å². The lowest BCUT2D eigenvalue weighted by Gasteiger charge is -2.27. The smallest absolute Gasteiger partial charge is 0.180 e. The molecule has 0 aliphatic heterocycles. The second-order valence-corrected chi connectivity index (χ2v) is 6.73. The molecule has 3 N–H and O–H groups in total. The third-order valence-corrected chi connectivity index (χ3v) is 4.48. The van der Waals surface area contributed by atoms with Crippen molar-refractivity contribution in [3.8, 4) is 0 Å². The van der Waals surface area contributed by atoms with E-state index in [0.717, 1.165) is 10.4 Å². The van der Waals surface area contributed by atoms with Crippen LogP contribution in [0.25, 0.3) is 0 Å². The SMILES string of the molecule is CC(C)(NCc1cnc(N)s1)c1ccc(Cl)c(Cl)c1. The third kappa shape index (κ3) is 3.60. The first-order chi connectivity index (χ1) is 8.88. The van der Waals surface area contributed by atoms with Gasteiger partial charge in [-0.2, -0.15) is 0 Å². The van der Waals surface area contributed by atoms with Crippen molar-refractivity contribution in [1.29, 1.82) is 0 Å². The normalized spacial score (nSPS) is 11.8. The quantitative estimate of drug-likeness (QED) is 0.894. The molecule has 0 fully saturated rings. The van der Waals surface area contributed by atoms with Gasteiger partial charge in [-0.25, -0.2) is 4.98 Å². The Morgan fingerprint density at radius 3 is 2.63 bits per heavy atom. The molecule has 1 aromatic carbocycles. The van der Waals surface area contributed by atoms with Crippen LogP contribution in [0.1, 0.15) is 24.3 Å². The van der Waals surface area contributed by atoms with Crippen molar-refractivity contribution in [2.75, 3.05) is 5.73 Å². The summed E-state index contributed by atoms with van der Waals surface area (Å²) in [5.74, 6) is 0. The molecule has 0 unspecified atom stereocenters. The fraction of sp³-hybridized carbons (Fsp3) is 0.308. The Labute approximate surface area is 126 Å². The number of halogens is 2. The molecule has 6 heteroatoms. The Morgan fingerprint density at radius 1 is 1.32 bits per heavy atom. The van der Waals surface area contributed by atoms with Gasteiger partial charge in [-0.3, -0.25) is 0 Å². The van der Waals surface area contributed by atoms with Gasteiger partial charge in [0.05, 0.1) is 10.0 Å². The van der Waals surface area contributed by atoms with Gasteiger partial charge < -0.3 is 11.1 Å². The number of nitrogens with zero attached hydrogens (tertiary/aromatic N) is 1. The number of hydrogen-bond acceptors (Lipinski definition) is 4. The van der Waals surface area contributed by atoms with E-state index >= 15 is 0 Å². The molecule has 1 heterocycles. The molecule has 102 valence electrons. The predicted octanol–water partition coefficient (Wildman–Crippen LogP) is 4.06. The molecular formula is C13H15Cl2N3S. The van der Waals surface area contributed by atoms with Crippen molar-refractivity contribution in [3.05, 3.63) is 44.9 Å². The van der Waals surface area contributed by atoms with E-state index in [-0.39, 0.29) is 5.54 Å². The van der Waals surface area contributed by atoms with Crippen LogP contribution in [0.3, 0.4) is 0 Å². The maximum Gasteiger partial charge on any atom is 0.180 e. The number of hydrogen-bond donors (Lipinski definition) is 2. The zero-order valence-electron chi connectivity index (χ0n) is 10.7. The molecule has 0 spiro atoms. The fourth-order valence-corrected chi connectivity index (χ4v) is 2.62. The van der Waals surface area contributed by atoms with Gasteiger partial charge in [-0.15, -0.1) is 11.3 Å². The highest BCUT2D eigenvalue weighted by molar-refractivity contribution is 7.15. The molecule has 0 saturated carbocycles. The van der Waals surface area contributed by atoms with Crippen LogP contribution in [0, 0.1) is 0 Å². The Balaban J connectivity index is 2.10. The van der Waals surface area contributed by atoms with Crippen molar-refractivity contribution >= 4 is 39.7 Å². The number of aromatic nitrogens is 1. The van der Waals surface area contributed by atoms with E-state index in [0.29, 0.717) is 21.7 Å². The first-order valence-corrected chi connectivity index (χ1v) is 7.36. The van der Waals surface area contributed by atoms with Gasteiger partial charge in [-0.05, 0) is 31.5 Å². The topological polar surface area (TPSA) is 50.9 Å². The zero-order valence-corrected chi connectivity index (χ0v) is 13.0. The highest BCUT2D eigenvalue weighted by Crippen LogP contribution is 2.29. The van der Waals surface area contributed by atoms with Gasteiger partial charge in [0.2, 0.25) is 0 Å². The summed E-state index contributed by atoms with van der Waals surface area (Å²) >= 11 is 13.5. The van der Waals surface area contributed by atoms with E-state index in [4.69, 9.17) is 28.9 Å². The van der Waals surface area contributed by atoms with Crippen LogP contribution in [0.15, 0.2) is 24.4 Å². The maximum atomic E-state index is 6.06. The largest absolute Gasteiger partial charge is 0.375 e. The average molecular weight is 316 g/mol. The molecule has 2 aromatic rings. The summed E-state index contributed by atoms with van der Waals surface area (Å²) in [7, 11) is 0. The standard InChI is InChI=1S/C13H15Cl2N3S/c1-13(2,8-3-4-10(14)11(15)5-8)18-7-9-6-17-12(16)19-9/h3-6,18H,7H2,1-2H3,(H2,16,17). The summed E-state index contributed by atoms with van der Waals surface area (Å²) in [5.41, 5.74) is 6.48. The summed E-state index contributed by atoms with van der Waals surface area (Å²) in [5, 5.41) is 5.18. The summed E-state index contributed by atoms with van der Waals surface area (Å²) in [6.45, 7) is 4.90. The molecule has 0 radical (unpaired) electrons. The molecular weight excluding hydrogens is 301 g/mol. The summed E-state index contributed by atoms with van der Waals surface area (Å²) in [6, 6.07) is 5.67. The minimum absolute atomic E-state index is 0.215. The van der Waals surface area contributed by atoms with Gasteiger partial charge in [0, 0.05) is 23.2 Å². The lowest BCUT2D eigenvalue weighted by Crippen LogP contribution is -2.35. The first kappa shape index (κ1) is 14.6. The highest BCUT2D eigenvalue weighted by atomic mass is 35.5. The van der Waals surface area contributed by atoms with E-state index in [1.165, 1.54) is 11.3 Å². The predicted molar refractivity (Wildman–Crippen MR) is 82.9 cm³/mol. The Hall–Kier alpha value is -0.810. The lowest BCUT2D eigenvalue weighted by molar-refractivity contribution is 0.403. The highest BCUT2D eigenvalue weighted by Gasteiger charge is 2.20. The van der Waals surface area contributed by atoms with Crippen LogP contribution in [0.5, 0.6) is 0 Å². The molecule has 19 heavy (non-hydrogen) atoms. The summed E-state index contributed by atoms with van der Waals surface area (Å²) < 4.78 is 0. The first-order valence-electron chi connectivity index (χ1n) is 5.79. The van der Waals surface area contributed by atoms with Crippen molar-refractivity contribution in [1.82, 2.24) is 10.3 Å². The van der Waals surface area contributed by atoms with E-state index in [9.17, 15) is 0 Å². The van der Waals surface area contributed by atoms with E-state index in [2.05, 4.69) is 24.1 Å². The number of nitrogens with one attached hydrogen (secondary N) is 1. The van der Waals surface area contributed by atoms with E-state index < -0.39 is 0 Å². The summed E-state index contributed by atoms with van der Waals surface area (Å²) in [4.78, 5) is 5.14. The van der Waals surface area contributed by atoms with Crippen molar-refractivity contribution < 1.29 is 0 Å². The zero-order chi connectivity index (χ0) is 14.0. The van der Waals surface area contributed by atoms with Crippen LogP contribution >= 0.6 is 34.5 Å². The number of nitrogens with two attached hydrogens (primary N) is 1. The van der Waals surface area contributed by atoms with Crippen molar-refractivity contribution in [3.63, 3.8) is 0 Å². The van der Waals surface area contributed by atoms with Crippen LogP contribution in [0.2, 0.25) is 10.0 Å². The Kier molecular flexibility index (Phi) is 4.36. The molecule has 3 nitrogen and oxygen atoms in total. The van der Waals surface area contributed by atoms with Crippen molar-refractivity contribution in [2.24, 2.45) is 0 Å². The third-order valence-electron chi connectivity index (χ3n) is 2.92. The second kappa shape index (κ2) is 5.67. The summed E-state index contributed by atoms with van der Waals surface area (Å²) in [6.07, 6.45) is 1.79. The molecule has 1 aromatic heterocycles. The molecule has 2 rings (SSSR count). The number of nitrogen functional groups attached to an aromatic ring is 1. The molecule has 0 atom stereocenters. The van der Waals surface area contributed by atoms with Crippen LogP contribution in [0.4, 0.5) is 5.13 Å². The fourth-order valence-electron chi connectivity index (χ4n) is 1.70. The van der Waals surface area contributed by atoms with Crippen LogP contribution < -0.4 is 11.1 Å². The Morgan fingerprint density at radius 2 is 2.05 bits per heavy atom. The molecule has 0 aliphatic rings. The maximum absolute atomic E-state index is 6.06. The van der Waals surface area contributed by atoms with Gasteiger partial charge in [0.1, 0.15) is 0 Å². The number of thiazole rings is 1. The Bertz CT molecular complexity index is 581. The second-order valence-electron chi connectivity index (χ2n) is 4.77. The average Bonchev–Trinajstić information content (AvgIpc) is 2.76. The monoisotopic (exact) mass is 315 g/mol. The molecule has 0 saturated heterocycles. The molecule has 0 amide bonds. The number of benzene rings is 1. The number of anilines is 1. The number of rotatable bonds is 4. The molecule has 0 aliphatic carbocycles. The van der Waals surface area contributed by atoms with Crippen LogP contribution in [-0.4, -0.2) is 4.98 Å². The van der Waals surface area contributed by atoms with Gasteiger partial charge in [0.15, 0.2) is 5.13 Å². The van der Waals surface area contributed by atoms with E-state index in [1.54, 1.807) is 6.20 Å². The van der Waals surface area contributed by atoms with Gasteiger partial charge in [0.25, 0.3) is 0 Å². The minimum atomic E-state index is -0.215. The van der Waals surface area contributed by atoms with E-state index in [1.807, 2.05) is 18.2 Å². The van der Waals surface area contributed by atoms with Gasteiger partial charge in [-0.1, -0.05) is 29.3 Å². The minimum Gasteiger partial charge on any atom is -0.375 e. The van der Waals surface area contributed by atoms with Gasteiger partial charge >= 0.3 is 0 Å². The van der Waals surface area contributed by atoms with Crippen LogP contribution in [-0.2, 0) is 12.1 Å².